The van der Waals surface area contributed by atoms with E-state index in [9.17, 15) is 16.8 Å². The zero-order valence-electron chi connectivity index (χ0n) is 19.4. The van der Waals surface area contributed by atoms with Crippen LogP contribution in [0.15, 0.2) is 57.9 Å². The lowest BCUT2D eigenvalue weighted by Crippen LogP contribution is -2.23. The first-order valence-electron chi connectivity index (χ1n) is 10.7. The Bertz CT molecular complexity index is 1590. The van der Waals surface area contributed by atoms with Crippen LogP contribution in [-0.4, -0.2) is 38.1 Å². The van der Waals surface area contributed by atoms with Gasteiger partial charge < -0.3 is 5.32 Å². The number of nitrogens with zero attached hydrogens (tertiary/aromatic N) is 3. The predicted octanol–water partition coefficient (Wildman–Crippen LogP) is 2.91. The number of pyridine rings is 1. The minimum Gasteiger partial charge on any atom is -0.382 e. The number of primary sulfonamides is 1. The molecule has 1 aromatic carbocycles. The number of aromatic nitrogens is 3. The van der Waals surface area contributed by atoms with Crippen molar-refractivity contribution in [3.05, 3.63) is 65.1 Å². The SMILES string of the molecule is Cc1cc(C)n(C(C)CNc2ccc(S(=O)(=O)NCc3ccc(S(N)(=O)=O)s3)c3ccncc23)n1. The topological polar surface area (TPSA) is 149 Å². The Kier molecular flexibility index (Phi) is 6.97. The normalized spacial score (nSPS) is 13.3. The summed E-state index contributed by atoms with van der Waals surface area (Å²) in [4.78, 5) is 4.81. The Morgan fingerprint density at radius 3 is 2.51 bits per heavy atom. The van der Waals surface area contributed by atoms with E-state index < -0.39 is 20.0 Å². The van der Waals surface area contributed by atoms with Gasteiger partial charge in [-0.15, -0.1) is 11.3 Å². The zero-order valence-corrected chi connectivity index (χ0v) is 21.8. The number of thiophene rings is 1. The van der Waals surface area contributed by atoms with E-state index in [0.717, 1.165) is 28.4 Å². The molecule has 13 heteroatoms. The minimum absolute atomic E-state index is 0.0201. The third-order valence-electron chi connectivity index (χ3n) is 5.47. The van der Waals surface area contributed by atoms with Gasteiger partial charge in [-0.05, 0) is 57.2 Å². The maximum atomic E-state index is 13.1. The largest absolute Gasteiger partial charge is 0.382 e. The molecule has 4 rings (SSSR count). The third kappa shape index (κ3) is 5.54. The summed E-state index contributed by atoms with van der Waals surface area (Å²) in [6.07, 6.45) is 3.17. The van der Waals surface area contributed by atoms with Crippen molar-refractivity contribution in [1.29, 1.82) is 0 Å². The van der Waals surface area contributed by atoms with Gasteiger partial charge in [0.2, 0.25) is 20.0 Å². The van der Waals surface area contributed by atoms with E-state index in [1.807, 2.05) is 24.6 Å². The summed E-state index contributed by atoms with van der Waals surface area (Å²) < 4.78 is 53.7. The van der Waals surface area contributed by atoms with E-state index in [-0.39, 0.29) is 21.7 Å². The van der Waals surface area contributed by atoms with Crippen molar-refractivity contribution in [2.45, 2.75) is 42.5 Å². The fourth-order valence-electron chi connectivity index (χ4n) is 3.84. The van der Waals surface area contributed by atoms with Crippen LogP contribution in [0.2, 0.25) is 0 Å². The first-order chi connectivity index (χ1) is 16.5. The number of fused-ring (bicyclic) bond motifs is 1. The molecule has 1 unspecified atom stereocenters. The second kappa shape index (κ2) is 9.66. The monoisotopic (exact) mass is 534 g/mol. The number of hydrogen-bond donors (Lipinski definition) is 3. The molecule has 0 aliphatic carbocycles. The lowest BCUT2D eigenvalue weighted by Gasteiger charge is -2.18. The number of hydrogen-bond acceptors (Lipinski definition) is 8. The van der Waals surface area contributed by atoms with Crippen molar-refractivity contribution in [1.82, 2.24) is 19.5 Å². The summed E-state index contributed by atoms with van der Waals surface area (Å²) in [5.41, 5.74) is 2.78. The summed E-state index contributed by atoms with van der Waals surface area (Å²) in [6.45, 7) is 6.54. The summed E-state index contributed by atoms with van der Waals surface area (Å²) in [5, 5.41) is 14.2. The molecule has 0 saturated heterocycles. The van der Waals surface area contributed by atoms with Crippen molar-refractivity contribution in [2.75, 3.05) is 11.9 Å². The maximum absolute atomic E-state index is 13.1. The highest BCUT2D eigenvalue weighted by Gasteiger charge is 2.20. The van der Waals surface area contributed by atoms with Gasteiger partial charge in [-0.1, -0.05) is 0 Å². The van der Waals surface area contributed by atoms with Crippen molar-refractivity contribution in [2.24, 2.45) is 5.14 Å². The smallest absolute Gasteiger partial charge is 0.247 e. The van der Waals surface area contributed by atoms with Crippen molar-refractivity contribution in [3.63, 3.8) is 0 Å². The lowest BCUT2D eigenvalue weighted by molar-refractivity contribution is 0.498. The molecule has 3 aromatic heterocycles. The third-order valence-corrected chi connectivity index (χ3v) is 9.45. The molecule has 10 nitrogen and oxygen atoms in total. The van der Waals surface area contributed by atoms with Gasteiger partial charge in [-0.25, -0.2) is 26.7 Å². The van der Waals surface area contributed by atoms with Crippen LogP contribution in [0.1, 0.15) is 29.2 Å². The minimum atomic E-state index is -3.90. The van der Waals surface area contributed by atoms with Gasteiger partial charge in [0.05, 0.1) is 16.6 Å². The molecule has 35 heavy (non-hydrogen) atoms. The van der Waals surface area contributed by atoms with Gasteiger partial charge in [0.25, 0.3) is 0 Å². The van der Waals surface area contributed by atoms with Crippen molar-refractivity contribution < 1.29 is 16.8 Å². The highest BCUT2D eigenvalue weighted by molar-refractivity contribution is 7.91. The first-order valence-corrected chi connectivity index (χ1v) is 14.5. The predicted molar refractivity (Wildman–Crippen MR) is 136 cm³/mol. The van der Waals surface area contributed by atoms with Gasteiger partial charge >= 0.3 is 0 Å². The average Bonchev–Trinajstić information content (AvgIpc) is 3.42. The van der Waals surface area contributed by atoms with Crippen LogP contribution in [0.5, 0.6) is 0 Å². The van der Waals surface area contributed by atoms with E-state index in [1.54, 1.807) is 30.6 Å². The van der Waals surface area contributed by atoms with Crippen LogP contribution in [-0.2, 0) is 26.6 Å². The molecule has 0 fully saturated rings. The molecule has 4 N–H and O–H groups in total. The van der Waals surface area contributed by atoms with Crippen LogP contribution in [0.25, 0.3) is 10.8 Å². The van der Waals surface area contributed by atoms with Crippen molar-refractivity contribution in [3.8, 4) is 0 Å². The molecule has 0 bridgehead atoms. The van der Waals surface area contributed by atoms with Crippen LogP contribution in [0.4, 0.5) is 5.69 Å². The highest BCUT2D eigenvalue weighted by atomic mass is 32.2. The number of nitrogens with one attached hydrogen (secondary N) is 2. The Balaban J connectivity index is 1.56. The molecule has 3 heterocycles. The molecule has 0 spiro atoms. The summed E-state index contributed by atoms with van der Waals surface area (Å²) in [7, 11) is -7.73. The molecule has 0 aliphatic heterocycles. The van der Waals surface area contributed by atoms with E-state index in [2.05, 4.69) is 27.0 Å². The van der Waals surface area contributed by atoms with E-state index in [0.29, 0.717) is 22.2 Å². The number of sulfonamides is 2. The van der Waals surface area contributed by atoms with Crippen LogP contribution < -0.4 is 15.2 Å². The Morgan fingerprint density at radius 1 is 1.09 bits per heavy atom. The number of aryl methyl sites for hydroxylation is 2. The highest BCUT2D eigenvalue weighted by Crippen LogP contribution is 2.30. The molecule has 1 atom stereocenters. The van der Waals surface area contributed by atoms with E-state index in [1.165, 1.54) is 12.1 Å². The summed E-state index contributed by atoms with van der Waals surface area (Å²) >= 11 is 0.925. The Hall–Kier alpha value is -2.84. The van der Waals surface area contributed by atoms with Gasteiger partial charge in [0, 0.05) is 52.5 Å². The summed E-state index contributed by atoms with van der Waals surface area (Å²) in [5.74, 6) is 0. The fourth-order valence-corrected chi connectivity index (χ4v) is 6.86. The zero-order chi connectivity index (χ0) is 25.4. The van der Waals surface area contributed by atoms with Gasteiger partial charge in [-0.2, -0.15) is 5.10 Å². The van der Waals surface area contributed by atoms with E-state index >= 15 is 0 Å². The standard InChI is InChI=1S/C22H26N6O4S3/c1-14-10-15(2)28(27-14)16(3)11-25-20-5-6-21(18-8-9-24-13-19(18)20)35(31,32)26-12-17-4-7-22(33-17)34(23,29)30/h4-10,13,16,25-26H,11-12H2,1-3H3,(H2,23,29,30). The fraction of sp³-hybridized carbons (Fsp3) is 0.273. The Morgan fingerprint density at radius 2 is 1.86 bits per heavy atom. The van der Waals surface area contributed by atoms with Crippen LogP contribution in [0.3, 0.4) is 0 Å². The first kappa shape index (κ1) is 25.3. The molecule has 4 aromatic rings. The molecular weight excluding hydrogens is 508 g/mol. The molecular formula is C22H26N6O4S3. The van der Waals surface area contributed by atoms with Crippen molar-refractivity contribution >= 4 is 47.8 Å². The van der Waals surface area contributed by atoms with E-state index in [4.69, 9.17) is 5.14 Å². The van der Waals surface area contributed by atoms with Gasteiger partial charge in [0.15, 0.2) is 0 Å². The quantitative estimate of drug-likeness (QED) is 0.299. The second-order valence-electron chi connectivity index (χ2n) is 8.22. The molecule has 0 amide bonds. The van der Waals surface area contributed by atoms with Crippen LogP contribution in [0, 0.1) is 13.8 Å². The second-order valence-corrected chi connectivity index (χ2v) is 12.9. The maximum Gasteiger partial charge on any atom is 0.247 e. The average molecular weight is 535 g/mol. The number of anilines is 1. The van der Waals surface area contributed by atoms with Gasteiger partial charge in [0.1, 0.15) is 4.21 Å². The molecule has 0 saturated carbocycles. The van der Waals surface area contributed by atoms with Crippen LogP contribution >= 0.6 is 11.3 Å². The number of rotatable bonds is 9. The number of benzene rings is 1. The Labute approximate surface area is 208 Å². The molecule has 0 aliphatic rings. The van der Waals surface area contributed by atoms with Gasteiger partial charge in [-0.3, -0.25) is 9.67 Å². The summed E-state index contributed by atoms with van der Waals surface area (Å²) in [6, 6.07) is 9.91. The number of nitrogens with two attached hydrogens (primary N) is 1. The molecule has 0 radical (unpaired) electrons. The molecule has 186 valence electrons. The lowest BCUT2D eigenvalue weighted by atomic mass is 10.1.